The van der Waals surface area contributed by atoms with Crippen molar-refractivity contribution in [3.05, 3.63) is 65.2 Å². The number of hydrogen-bond donors (Lipinski definition) is 1. The van der Waals surface area contributed by atoms with Crippen molar-refractivity contribution >= 4 is 40.2 Å². The van der Waals surface area contributed by atoms with E-state index in [2.05, 4.69) is 15.0 Å². The van der Waals surface area contributed by atoms with Crippen molar-refractivity contribution in [3.63, 3.8) is 0 Å². The average molecular weight is 472 g/mol. The Kier molecular flexibility index (Phi) is 6.13. The number of pyridine rings is 1. The van der Waals surface area contributed by atoms with Gasteiger partial charge in [-0.3, -0.25) is 20.2 Å². The van der Waals surface area contributed by atoms with Crippen LogP contribution in [0.4, 0.5) is 54.9 Å². The van der Waals surface area contributed by atoms with Crippen molar-refractivity contribution in [1.82, 2.24) is 4.98 Å². The van der Waals surface area contributed by atoms with Crippen LogP contribution in [0.3, 0.4) is 0 Å². The van der Waals surface area contributed by atoms with Gasteiger partial charge in [0.25, 0.3) is 5.69 Å². The maximum absolute atomic E-state index is 13.2. The molecule has 0 bridgehead atoms. The Labute approximate surface area is 170 Å². The summed E-state index contributed by atoms with van der Waals surface area (Å²) in [6, 6.07) is 0.185. The SMILES string of the molecule is [N-]=[N+]=Nc1c(C(F)(F)F)cc([N+](=O)[O-])c(Nc2ncc(C(F)(F)F)cc2Cl)c1[N+](=O)[O-]. The van der Waals surface area contributed by atoms with Crippen LogP contribution in [0.1, 0.15) is 11.1 Å². The molecule has 0 aliphatic carbocycles. The molecule has 31 heavy (non-hydrogen) atoms. The van der Waals surface area contributed by atoms with E-state index in [-0.39, 0.29) is 12.3 Å². The number of nitro benzene ring substituents is 2. The van der Waals surface area contributed by atoms with Crippen LogP contribution in [0.25, 0.3) is 10.4 Å². The summed E-state index contributed by atoms with van der Waals surface area (Å²) >= 11 is 5.63. The van der Waals surface area contributed by atoms with Crippen LogP contribution in [0.2, 0.25) is 5.02 Å². The van der Waals surface area contributed by atoms with Crippen LogP contribution < -0.4 is 5.32 Å². The first-order chi connectivity index (χ1) is 14.2. The Morgan fingerprint density at radius 1 is 1.10 bits per heavy atom. The zero-order chi connectivity index (χ0) is 23.7. The quantitative estimate of drug-likeness (QED) is 0.135. The molecule has 1 aromatic carbocycles. The van der Waals surface area contributed by atoms with Crippen LogP contribution in [0.15, 0.2) is 23.4 Å². The predicted octanol–water partition coefficient (Wildman–Crippen LogP) is 6.27. The second kappa shape index (κ2) is 8.11. The Balaban J connectivity index is 2.86. The molecular weight excluding hydrogens is 468 g/mol. The van der Waals surface area contributed by atoms with E-state index in [1.807, 2.05) is 5.32 Å². The van der Waals surface area contributed by atoms with Crippen molar-refractivity contribution in [2.75, 3.05) is 5.32 Å². The molecule has 2 rings (SSSR count). The van der Waals surface area contributed by atoms with Gasteiger partial charge in [-0.2, -0.15) is 26.3 Å². The summed E-state index contributed by atoms with van der Waals surface area (Å²) in [7, 11) is 0. The van der Waals surface area contributed by atoms with Gasteiger partial charge in [-0.25, -0.2) is 4.98 Å². The highest BCUT2D eigenvalue weighted by molar-refractivity contribution is 6.33. The lowest BCUT2D eigenvalue weighted by Crippen LogP contribution is -2.11. The molecule has 0 radical (unpaired) electrons. The summed E-state index contributed by atoms with van der Waals surface area (Å²) in [6.45, 7) is 0. The number of nitrogens with one attached hydrogen (secondary N) is 1. The minimum absolute atomic E-state index is 0.142. The maximum atomic E-state index is 13.2. The summed E-state index contributed by atoms with van der Waals surface area (Å²) in [5.74, 6) is -0.785. The maximum Gasteiger partial charge on any atom is 0.417 e. The highest BCUT2D eigenvalue weighted by Crippen LogP contribution is 2.50. The molecule has 0 atom stereocenters. The van der Waals surface area contributed by atoms with E-state index < -0.39 is 66.9 Å². The van der Waals surface area contributed by atoms with Crippen molar-refractivity contribution in [2.45, 2.75) is 12.4 Å². The van der Waals surface area contributed by atoms with Gasteiger partial charge in [0.1, 0.15) is 11.5 Å². The molecule has 0 amide bonds. The van der Waals surface area contributed by atoms with Gasteiger partial charge in [-0.05, 0) is 11.6 Å². The highest BCUT2D eigenvalue weighted by atomic mass is 35.5. The molecule has 164 valence electrons. The Hall–Kier alpha value is -3.85. The third-order valence-corrected chi connectivity index (χ3v) is 3.78. The number of nitro groups is 2. The van der Waals surface area contributed by atoms with Gasteiger partial charge < -0.3 is 5.32 Å². The number of halogens is 7. The van der Waals surface area contributed by atoms with Gasteiger partial charge in [0.05, 0.1) is 26.0 Å². The lowest BCUT2D eigenvalue weighted by molar-refractivity contribution is -0.392. The fourth-order valence-corrected chi connectivity index (χ4v) is 2.47. The number of alkyl halides is 6. The zero-order valence-corrected chi connectivity index (χ0v) is 15.0. The molecule has 0 aliphatic heterocycles. The van der Waals surface area contributed by atoms with E-state index in [0.29, 0.717) is 6.07 Å². The molecule has 0 fully saturated rings. The third-order valence-electron chi connectivity index (χ3n) is 3.49. The molecule has 11 nitrogen and oxygen atoms in total. The fraction of sp³-hybridized carbons (Fsp3) is 0.154. The van der Waals surface area contributed by atoms with Crippen molar-refractivity contribution in [3.8, 4) is 0 Å². The van der Waals surface area contributed by atoms with Gasteiger partial charge >= 0.3 is 18.0 Å². The molecule has 0 unspecified atom stereocenters. The molecule has 0 saturated carbocycles. The first-order valence-corrected chi connectivity index (χ1v) is 7.68. The summed E-state index contributed by atoms with van der Waals surface area (Å²) < 4.78 is 77.9. The molecular formula is C13H4ClF6N7O4. The van der Waals surface area contributed by atoms with E-state index >= 15 is 0 Å². The Morgan fingerprint density at radius 3 is 2.13 bits per heavy atom. The largest absolute Gasteiger partial charge is 0.417 e. The zero-order valence-electron chi connectivity index (χ0n) is 14.2. The van der Waals surface area contributed by atoms with E-state index in [4.69, 9.17) is 17.1 Å². The van der Waals surface area contributed by atoms with Crippen molar-refractivity contribution in [2.24, 2.45) is 5.11 Å². The topological polar surface area (TPSA) is 160 Å². The first-order valence-electron chi connectivity index (χ1n) is 7.30. The number of rotatable bonds is 5. The summed E-state index contributed by atoms with van der Waals surface area (Å²) in [4.78, 5) is 25.1. The number of nitrogens with zero attached hydrogens (tertiary/aromatic N) is 6. The van der Waals surface area contributed by atoms with Gasteiger partial charge in [-0.15, -0.1) is 0 Å². The van der Waals surface area contributed by atoms with Gasteiger partial charge in [0, 0.05) is 17.2 Å². The second-order valence-electron chi connectivity index (χ2n) is 5.39. The fourth-order valence-electron chi connectivity index (χ4n) is 2.25. The lowest BCUT2D eigenvalue weighted by atomic mass is 10.1. The van der Waals surface area contributed by atoms with Crippen LogP contribution in [-0.2, 0) is 12.4 Å². The van der Waals surface area contributed by atoms with E-state index in [9.17, 15) is 46.6 Å². The van der Waals surface area contributed by atoms with E-state index in [1.54, 1.807) is 0 Å². The molecule has 2 aromatic rings. The van der Waals surface area contributed by atoms with Crippen molar-refractivity contribution < 1.29 is 36.2 Å². The third kappa shape index (κ3) is 4.84. The van der Waals surface area contributed by atoms with Gasteiger partial charge in [0.2, 0.25) is 0 Å². The predicted molar refractivity (Wildman–Crippen MR) is 91.1 cm³/mol. The molecule has 0 spiro atoms. The van der Waals surface area contributed by atoms with Crippen LogP contribution in [0, 0.1) is 20.2 Å². The number of aromatic nitrogens is 1. The molecule has 0 aliphatic rings. The Morgan fingerprint density at radius 2 is 1.71 bits per heavy atom. The minimum Gasteiger partial charge on any atom is -0.328 e. The molecule has 1 aromatic heterocycles. The average Bonchev–Trinajstić information content (AvgIpc) is 2.61. The molecule has 1 heterocycles. The Bertz CT molecular complexity index is 1130. The van der Waals surface area contributed by atoms with Crippen LogP contribution in [0.5, 0.6) is 0 Å². The summed E-state index contributed by atoms with van der Waals surface area (Å²) in [6.07, 6.45) is -10.1. The van der Waals surface area contributed by atoms with Gasteiger partial charge in [0.15, 0.2) is 5.69 Å². The highest BCUT2D eigenvalue weighted by Gasteiger charge is 2.42. The lowest BCUT2D eigenvalue weighted by Gasteiger charge is -2.15. The van der Waals surface area contributed by atoms with Crippen LogP contribution >= 0.6 is 11.6 Å². The van der Waals surface area contributed by atoms with Crippen LogP contribution in [-0.4, -0.2) is 14.8 Å². The molecule has 0 saturated heterocycles. The molecule has 18 heteroatoms. The van der Waals surface area contributed by atoms with Gasteiger partial charge in [-0.1, -0.05) is 16.7 Å². The summed E-state index contributed by atoms with van der Waals surface area (Å²) in [5.41, 5.74) is -0.864. The van der Waals surface area contributed by atoms with E-state index in [1.165, 1.54) is 0 Å². The smallest absolute Gasteiger partial charge is 0.328 e. The van der Waals surface area contributed by atoms with E-state index in [0.717, 1.165) is 0 Å². The molecule has 1 N–H and O–H groups in total. The second-order valence-corrected chi connectivity index (χ2v) is 5.80. The number of hydrogen-bond acceptors (Lipinski definition) is 7. The number of azide groups is 1. The first kappa shape index (κ1) is 23.4. The minimum atomic E-state index is -5.40. The standard InChI is InChI=1S/C13H4ClF6N7O4/c14-6-1-4(12(15,16)17)3-22-11(6)23-9-7(26(28)29)2-5(13(18,19)20)8(24-25-21)10(9)27(30)31/h1-3H,(H,22,23). The van der Waals surface area contributed by atoms with Crippen molar-refractivity contribution in [1.29, 1.82) is 0 Å². The number of anilines is 2. The summed E-state index contributed by atoms with van der Waals surface area (Å²) in [5, 5.41) is 26.4. The normalized spacial score (nSPS) is 11.6. The monoisotopic (exact) mass is 471 g/mol. The number of benzene rings is 1.